The van der Waals surface area contributed by atoms with E-state index < -0.39 is 0 Å². The van der Waals surface area contributed by atoms with Crippen molar-refractivity contribution in [3.05, 3.63) is 35.5 Å². The summed E-state index contributed by atoms with van der Waals surface area (Å²) in [7, 11) is 0. The van der Waals surface area contributed by atoms with Crippen LogP contribution in [0.15, 0.2) is 24.3 Å². The highest BCUT2D eigenvalue weighted by atomic mass is 16.2. The summed E-state index contributed by atoms with van der Waals surface area (Å²) in [6, 6.07) is 8.19. The Labute approximate surface area is 118 Å². The van der Waals surface area contributed by atoms with Crippen molar-refractivity contribution in [1.29, 1.82) is 0 Å². The first-order chi connectivity index (χ1) is 9.79. The molecule has 1 aromatic carbocycles. The molecule has 0 saturated carbocycles. The van der Waals surface area contributed by atoms with Crippen molar-refractivity contribution in [2.45, 2.75) is 38.8 Å². The van der Waals surface area contributed by atoms with Crippen molar-refractivity contribution >= 4 is 16.8 Å². The Hall–Kier alpha value is -1.81. The van der Waals surface area contributed by atoms with Crippen molar-refractivity contribution in [1.82, 2.24) is 15.6 Å². The Morgan fingerprint density at radius 2 is 2.25 bits per heavy atom. The third-order valence-corrected chi connectivity index (χ3v) is 3.98. The van der Waals surface area contributed by atoms with E-state index in [9.17, 15) is 4.79 Å². The summed E-state index contributed by atoms with van der Waals surface area (Å²) in [6.45, 7) is 3.63. The maximum atomic E-state index is 12.2. The molecule has 4 heteroatoms. The van der Waals surface area contributed by atoms with E-state index in [1.165, 1.54) is 16.6 Å². The highest BCUT2D eigenvalue weighted by Gasteiger charge is 2.26. The van der Waals surface area contributed by atoms with E-state index in [4.69, 9.17) is 0 Å². The molecule has 0 spiro atoms. The predicted octanol–water partition coefficient (Wildman–Crippen LogP) is 2.10. The fourth-order valence-corrected chi connectivity index (χ4v) is 2.84. The molecule has 0 aliphatic carbocycles. The van der Waals surface area contributed by atoms with Crippen LogP contribution in [-0.2, 0) is 17.8 Å². The normalized spacial score (nSPS) is 17.9. The van der Waals surface area contributed by atoms with Gasteiger partial charge in [-0.1, -0.05) is 31.5 Å². The molecule has 0 unspecified atom stereocenters. The highest BCUT2D eigenvalue weighted by Crippen LogP contribution is 2.26. The van der Waals surface area contributed by atoms with Gasteiger partial charge in [-0.25, -0.2) is 0 Å². The summed E-state index contributed by atoms with van der Waals surface area (Å²) in [6.07, 6.45) is 2.90. The van der Waals surface area contributed by atoms with Crippen molar-refractivity contribution in [3.8, 4) is 0 Å². The van der Waals surface area contributed by atoms with Gasteiger partial charge in [-0.15, -0.1) is 0 Å². The predicted molar refractivity (Wildman–Crippen MR) is 80.5 cm³/mol. The topological polar surface area (TPSA) is 56.9 Å². The van der Waals surface area contributed by atoms with E-state index in [0.717, 1.165) is 37.9 Å². The fraction of sp³-hybridized carbons (Fsp3) is 0.438. The minimum absolute atomic E-state index is 0.112. The molecule has 0 saturated heterocycles. The second kappa shape index (κ2) is 5.67. The number of H-pyrrole nitrogens is 1. The number of hydrogen-bond acceptors (Lipinski definition) is 2. The second-order valence-corrected chi connectivity index (χ2v) is 5.41. The van der Waals surface area contributed by atoms with Gasteiger partial charge in [0.05, 0.1) is 6.04 Å². The lowest BCUT2D eigenvalue weighted by atomic mass is 9.98. The molecular formula is C16H21N3O. The van der Waals surface area contributed by atoms with E-state index in [1.54, 1.807) is 0 Å². The number of unbranched alkanes of at least 4 members (excludes halogenated alkanes) is 1. The average Bonchev–Trinajstić information content (AvgIpc) is 2.85. The molecule has 20 heavy (non-hydrogen) atoms. The van der Waals surface area contributed by atoms with E-state index in [0.29, 0.717) is 0 Å². The van der Waals surface area contributed by atoms with Crippen LogP contribution < -0.4 is 10.6 Å². The molecule has 1 aliphatic heterocycles. The molecule has 0 bridgehead atoms. The number of aromatic amines is 1. The maximum absolute atomic E-state index is 12.2. The molecule has 1 amide bonds. The van der Waals surface area contributed by atoms with Crippen molar-refractivity contribution in [2.24, 2.45) is 0 Å². The van der Waals surface area contributed by atoms with Crippen LogP contribution in [0, 0.1) is 0 Å². The van der Waals surface area contributed by atoms with Crippen LogP contribution in [0.3, 0.4) is 0 Å². The van der Waals surface area contributed by atoms with Crippen LogP contribution in [-0.4, -0.2) is 23.5 Å². The zero-order valence-corrected chi connectivity index (χ0v) is 11.8. The Bertz CT molecular complexity index is 617. The van der Waals surface area contributed by atoms with E-state index >= 15 is 0 Å². The minimum Gasteiger partial charge on any atom is -0.357 e. The first-order valence-corrected chi connectivity index (χ1v) is 7.39. The maximum Gasteiger partial charge on any atom is 0.237 e. The van der Waals surface area contributed by atoms with E-state index in [1.807, 2.05) is 6.07 Å². The number of rotatable bonds is 4. The lowest BCUT2D eigenvalue weighted by Crippen LogP contribution is -2.47. The molecule has 1 aromatic heterocycles. The SMILES string of the molecule is CCCCNC(=O)[C@@H]1Cc2c([nH]c3ccccc23)CN1. The number of benzene rings is 1. The monoisotopic (exact) mass is 271 g/mol. The number of amides is 1. The lowest BCUT2D eigenvalue weighted by molar-refractivity contribution is -0.123. The molecule has 1 aliphatic rings. The third-order valence-electron chi connectivity index (χ3n) is 3.98. The molecule has 0 radical (unpaired) electrons. The molecule has 2 aromatic rings. The second-order valence-electron chi connectivity index (χ2n) is 5.41. The Morgan fingerprint density at radius 1 is 1.40 bits per heavy atom. The molecule has 3 N–H and O–H groups in total. The van der Waals surface area contributed by atoms with Crippen molar-refractivity contribution < 1.29 is 4.79 Å². The van der Waals surface area contributed by atoms with Crippen LogP contribution in [0.25, 0.3) is 10.9 Å². The molecule has 2 heterocycles. The molecule has 106 valence electrons. The Balaban J connectivity index is 1.76. The first kappa shape index (κ1) is 13.2. The van der Waals surface area contributed by atoms with Crippen molar-refractivity contribution in [2.75, 3.05) is 6.54 Å². The Kier molecular flexibility index (Phi) is 3.74. The quantitative estimate of drug-likeness (QED) is 0.746. The molecule has 4 nitrogen and oxygen atoms in total. The fourth-order valence-electron chi connectivity index (χ4n) is 2.84. The molecule has 1 atom stereocenters. The molecule has 3 rings (SSSR count). The van der Waals surface area contributed by atoms with Gasteiger partial charge in [0.25, 0.3) is 0 Å². The highest BCUT2D eigenvalue weighted by molar-refractivity contribution is 5.88. The molecular weight excluding hydrogens is 250 g/mol. The molecule has 0 fully saturated rings. The number of nitrogens with one attached hydrogen (secondary N) is 3. The number of fused-ring (bicyclic) bond motifs is 3. The number of para-hydroxylation sites is 1. The summed E-state index contributed by atoms with van der Waals surface area (Å²) in [4.78, 5) is 15.6. The van der Waals surface area contributed by atoms with Gasteiger partial charge in [-0.05, 0) is 24.5 Å². The smallest absolute Gasteiger partial charge is 0.237 e. The minimum atomic E-state index is -0.112. The van der Waals surface area contributed by atoms with Crippen LogP contribution in [0.1, 0.15) is 31.0 Å². The van der Waals surface area contributed by atoms with Gasteiger partial charge in [0, 0.05) is 29.7 Å². The number of aromatic nitrogens is 1. The third kappa shape index (κ3) is 2.43. The van der Waals surface area contributed by atoms with Crippen LogP contribution in [0.2, 0.25) is 0 Å². The van der Waals surface area contributed by atoms with Gasteiger partial charge < -0.3 is 10.3 Å². The van der Waals surface area contributed by atoms with Gasteiger partial charge in [-0.3, -0.25) is 10.1 Å². The largest absolute Gasteiger partial charge is 0.357 e. The van der Waals surface area contributed by atoms with Crippen LogP contribution >= 0.6 is 0 Å². The van der Waals surface area contributed by atoms with Crippen molar-refractivity contribution in [3.63, 3.8) is 0 Å². The zero-order valence-electron chi connectivity index (χ0n) is 11.8. The van der Waals surface area contributed by atoms with Gasteiger partial charge in [-0.2, -0.15) is 0 Å². The first-order valence-electron chi connectivity index (χ1n) is 7.39. The zero-order chi connectivity index (χ0) is 13.9. The van der Waals surface area contributed by atoms with Crippen LogP contribution in [0.5, 0.6) is 0 Å². The summed E-state index contributed by atoms with van der Waals surface area (Å²) in [5.74, 6) is 0.120. The van der Waals surface area contributed by atoms with Gasteiger partial charge in [0.1, 0.15) is 0 Å². The van der Waals surface area contributed by atoms with Gasteiger partial charge in [0.2, 0.25) is 5.91 Å². The van der Waals surface area contributed by atoms with E-state index in [-0.39, 0.29) is 11.9 Å². The van der Waals surface area contributed by atoms with E-state index in [2.05, 4.69) is 40.7 Å². The summed E-state index contributed by atoms with van der Waals surface area (Å²) in [5.41, 5.74) is 3.66. The number of carbonyl (C=O) groups excluding carboxylic acids is 1. The lowest BCUT2D eigenvalue weighted by Gasteiger charge is -2.23. The average molecular weight is 271 g/mol. The van der Waals surface area contributed by atoms with Crippen LogP contribution in [0.4, 0.5) is 0 Å². The number of hydrogen-bond donors (Lipinski definition) is 3. The number of carbonyl (C=O) groups is 1. The summed E-state index contributed by atoms with van der Waals surface area (Å²) in [5, 5.41) is 7.58. The van der Waals surface area contributed by atoms with Gasteiger partial charge in [0.15, 0.2) is 0 Å². The Morgan fingerprint density at radius 3 is 3.10 bits per heavy atom. The summed E-state index contributed by atoms with van der Waals surface area (Å²) < 4.78 is 0. The summed E-state index contributed by atoms with van der Waals surface area (Å²) >= 11 is 0. The standard InChI is InChI=1S/C16H21N3O/c1-2-3-8-17-16(20)14-9-12-11-6-4-5-7-13(11)19-15(12)10-18-14/h4-7,14,18-19H,2-3,8-10H2,1H3,(H,17,20)/t14-/m0/s1. The van der Waals surface area contributed by atoms with Gasteiger partial charge >= 0.3 is 0 Å².